The smallest absolute Gasteiger partial charge is 0.161 e. The van der Waals surface area contributed by atoms with E-state index in [1.165, 1.54) is 68.7 Å². The van der Waals surface area contributed by atoms with Crippen molar-refractivity contribution in [2.24, 2.45) is 0 Å². The summed E-state index contributed by atoms with van der Waals surface area (Å²) < 4.78 is 0. The molecule has 2 fully saturated rings. The van der Waals surface area contributed by atoms with Crippen molar-refractivity contribution in [3.8, 4) is 11.4 Å². The van der Waals surface area contributed by atoms with Gasteiger partial charge in [-0.25, -0.2) is 9.97 Å². The van der Waals surface area contributed by atoms with Gasteiger partial charge in [0.2, 0.25) is 0 Å². The molecule has 0 bridgehead atoms. The number of aromatic nitrogens is 2. The number of rotatable bonds is 3. The number of hydrogen-bond acceptors (Lipinski definition) is 4. The summed E-state index contributed by atoms with van der Waals surface area (Å²) in [5.74, 6) is 2.13. The molecule has 0 N–H and O–H groups in total. The largest absolute Gasteiger partial charge is 0.354 e. The Kier molecular flexibility index (Phi) is 4.83. The van der Waals surface area contributed by atoms with Gasteiger partial charge in [0.05, 0.1) is 0 Å². The Bertz CT molecular complexity index is 774. The van der Waals surface area contributed by atoms with Gasteiger partial charge in [0.1, 0.15) is 5.82 Å². The van der Waals surface area contributed by atoms with E-state index < -0.39 is 0 Å². The van der Waals surface area contributed by atoms with Crippen molar-refractivity contribution in [1.82, 2.24) is 14.9 Å². The van der Waals surface area contributed by atoms with Gasteiger partial charge in [-0.1, -0.05) is 49.6 Å². The Hall–Kier alpha value is -1.94. The van der Waals surface area contributed by atoms with Crippen LogP contribution >= 0.6 is 0 Å². The first-order valence-corrected chi connectivity index (χ1v) is 10.8. The van der Waals surface area contributed by atoms with Crippen LogP contribution in [0.1, 0.15) is 49.8 Å². The average molecular weight is 363 g/mol. The molecule has 1 aliphatic heterocycles. The number of fused-ring (bicyclic) bond motifs is 1. The van der Waals surface area contributed by atoms with E-state index in [0.29, 0.717) is 0 Å². The zero-order chi connectivity index (χ0) is 18.1. The maximum atomic E-state index is 5.07. The number of aryl methyl sites for hydroxylation is 1. The molecular weight excluding hydrogens is 332 g/mol. The molecule has 2 heterocycles. The molecule has 0 amide bonds. The minimum absolute atomic E-state index is 0.830. The lowest BCUT2D eigenvalue weighted by Crippen LogP contribution is -2.51. The van der Waals surface area contributed by atoms with Crippen LogP contribution in [0.2, 0.25) is 0 Å². The second kappa shape index (κ2) is 7.59. The molecular formula is C23H30N4. The Morgan fingerprint density at radius 3 is 2.33 bits per heavy atom. The van der Waals surface area contributed by atoms with Gasteiger partial charge in [-0.2, -0.15) is 0 Å². The molecule has 1 saturated heterocycles. The van der Waals surface area contributed by atoms with E-state index in [1.807, 2.05) is 0 Å². The zero-order valence-corrected chi connectivity index (χ0v) is 16.2. The predicted octanol–water partition coefficient (Wildman–Crippen LogP) is 4.09. The summed E-state index contributed by atoms with van der Waals surface area (Å²) in [6.07, 6.45) is 10.6. The molecule has 0 spiro atoms. The van der Waals surface area contributed by atoms with Crippen LogP contribution in [0.25, 0.3) is 11.4 Å². The molecule has 0 atom stereocenters. The standard InChI is InChI=1S/C23H30N4/c1-3-8-18(9-4-1)22-24-21-13-7-12-20(21)23(25-22)27-16-14-26(15-17-27)19-10-5-2-6-11-19/h1,3-4,8-9,19H,2,5-7,10-17H2. The van der Waals surface area contributed by atoms with Crippen LogP contribution in [-0.2, 0) is 12.8 Å². The van der Waals surface area contributed by atoms with Gasteiger partial charge < -0.3 is 4.90 Å². The second-order valence-corrected chi connectivity index (χ2v) is 8.33. The number of piperazine rings is 1. The van der Waals surface area contributed by atoms with E-state index >= 15 is 0 Å². The lowest BCUT2D eigenvalue weighted by molar-refractivity contribution is 0.147. The number of hydrogen-bond donors (Lipinski definition) is 0. The summed E-state index contributed by atoms with van der Waals surface area (Å²) in [5.41, 5.74) is 3.84. The first kappa shape index (κ1) is 17.2. The highest BCUT2D eigenvalue weighted by Gasteiger charge is 2.29. The minimum atomic E-state index is 0.830. The van der Waals surface area contributed by atoms with Gasteiger partial charge >= 0.3 is 0 Å². The molecule has 1 aromatic carbocycles. The van der Waals surface area contributed by atoms with E-state index in [-0.39, 0.29) is 0 Å². The first-order chi connectivity index (χ1) is 13.4. The van der Waals surface area contributed by atoms with Gasteiger partial charge in [0.15, 0.2) is 5.82 Å². The van der Waals surface area contributed by atoms with Gasteiger partial charge in [-0.3, -0.25) is 4.90 Å². The Morgan fingerprint density at radius 1 is 0.778 bits per heavy atom. The van der Waals surface area contributed by atoms with Crippen LogP contribution in [0.15, 0.2) is 30.3 Å². The number of anilines is 1. The monoisotopic (exact) mass is 362 g/mol. The van der Waals surface area contributed by atoms with Crippen LogP contribution in [0.5, 0.6) is 0 Å². The quantitative estimate of drug-likeness (QED) is 0.823. The molecule has 2 aliphatic carbocycles. The summed E-state index contributed by atoms with van der Waals surface area (Å²) in [6.45, 7) is 4.58. The molecule has 1 aromatic heterocycles. The summed E-state index contributed by atoms with van der Waals surface area (Å²) in [6, 6.07) is 11.3. The fraction of sp³-hybridized carbons (Fsp3) is 0.565. The molecule has 0 radical (unpaired) electrons. The highest BCUT2D eigenvalue weighted by molar-refractivity contribution is 5.61. The lowest BCUT2D eigenvalue weighted by Gasteiger charge is -2.41. The third kappa shape index (κ3) is 3.47. The molecule has 5 rings (SSSR count). The third-order valence-corrected chi connectivity index (χ3v) is 6.65. The Labute approximate surface area is 162 Å². The second-order valence-electron chi connectivity index (χ2n) is 8.33. The summed E-state index contributed by atoms with van der Waals surface area (Å²) in [5, 5.41) is 0. The normalized spacial score (nSPS) is 21.4. The topological polar surface area (TPSA) is 32.3 Å². The fourth-order valence-corrected chi connectivity index (χ4v) is 5.14. The van der Waals surface area contributed by atoms with E-state index in [0.717, 1.165) is 43.4 Å². The minimum Gasteiger partial charge on any atom is -0.354 e. The van der Waals surface area contributed by atoms with Crippen molar-refractivity contribution >= 4 is 5.82 Å². The van der Waals surface area contributed by atoms with Crippen molar-refractivity contribution in [2.75, 3.05) is 31.1 Å². The molecule has 3 aliphatic rings. The maximum absolute atomic E-state index is 5.07. The van der Waals surface area contributed by atoms with Crippen LogP contribution in [0.3, 0.4) is 0 Å². The van der Waals surface area contributed by atoms with E-state index in [4.69, 9.17) is 9.97 Å². The van der Waals surface area contributed by atoms with Gasteiger partial charge in [0.25, 0.3) is 0 Å². The molecule has 1 saturated carbocycles. The predicted molar refractivity (Wildman–Crippen MR) is 110 cm³/mol. The van der Waals surface area contributed by atoms with Crippen molar-refractivity contribution in [2.45, 2.75) is 57.4 Å². The van der Waals surface area contributed by atoms with Gasteiger partial charge in [-0.15, -0.1) is 0 Å². The molecule has 4 nitrogen and oxygen atoms in total. The Balaban J connectivity index is 1.38. The van der Waals surface area contributed by atoms with Gasteiger partial charge in [-0.05, 0) is 32.1 Å². The third-order valence-electron chi connectivity index (χ3n) is 6.65. The number of benzene rings is 1. The van der Waals surface area contributed by atoms with Crippen LogP contribution in [0, 0.1) is 0 Å². The summed E-state index contributed by atoms with van der Waals surface area (Å²) in [7, 11) is 0. The summed E-state index contributed by atoms with van der Waals surface area (Å²) >= 11 is 0. The SMILES string of the molecule is c1ccc(-c2nc3c(c(N4CCN(C5CCCCC5)CC4)n2)CCC3)cc1. The average Bonchev–Trinajstić information content (AvgIpc) is 3.23. The maximum Gasteiger partial charge on any atom is 0.161 e. The highest BCUT2D eigenvalue weighted by Crippen LogP contribution is 2.32. The first-order valence-electron chi connectivity index (χ1n) is 10.8. The van der Waals surface area contributed by atoms with Gasteiger partial charge in [0, 0.05) is 49.0 Å². The van der Waals surface area contributed by atoms with Crippen molar-refractivity contribution in [3.05, 3.63) is 41.6 Å². The molecule has 0 unspecified atom stereocenters. The fourth-order valence-electron chi connectivity index (χ4n) is 5.14. The molecule has 4 heteroatoms. The van der Waals surface area contributed by atoms with E-state index in [9.17, 15) is 0 Å². The van der Waals surface area contributed by atoms with Crippen LogP contribution in [-0.4, -0.2) is 47.1 Å². The Morgan fingerprint density at radius 2 is 1.56 bits per heavy atom. The summed E-state index contributed by atoms with van der Waals surface area (Å²) in [4.78, 5) is 15.3. The van der Waals surface area contributed by atoms with Crippen molar-refractivity contribution < 1.29 is 0 Å². The van der Waals surface area contributed by atoms with Crippen molar-refractivity contribution in [1.29, 1.82) is 0 Å². The van der Waals surface area contributed by atoms with E-state index in [2.05, 4.69) is 40.1 Å². The number of nitrogens with zero attached hydrogens (tertiary/aromatic N) is 4. The van der Waals surface area contributed by atoms with E-state index in [1.54, 1.807) is 0 Å². The van der Waals surface area contributed by atoms with Crippen LogP contribution < -0.4 is 4.90 Å². The molecule has 2 aromatic rings. The molecule has 142 valence electrons. The highest BCUT2D eigenvalue weighted by atomic mass is 15.3. The van der Waals surface area contributed by atoms with Crippen molar-refractivity contribution in [3.63, 3.8) is 0 Å². The lowest BCUT2D eigenvalue weighted by atomic mass is 9.94. The van der Waals surface area contributed by atoms with Crippen LogP contribution in [0.4, 0.5) is 5.82 Å². The molecule has 27 heavy (non-hydrogen) atoms. The zero-order valence-electron chi connectivity index (χ0n) is 16.2.